The molecule has 17 heavy (non-hydrogen) atoms. The maximum absolute atomic E-state index is 11.8. The lowest BCUT2D eigenvalue weighted by atomic mass is 10.1. The van der Waals surface area contributed by atoms with E-state index in [-0.39, 0.29) is 5.78 Å². The standard InChI is InChI=1S/C15H13NO/c1-12-4-2-3-5-13(12)6-7-15(17)14-8-10-16-11-9-14/h2-11H,1H3. The Morgan fingerprint density at radius 3 is 2.53 bits per heavy atom. The summed E-state index contributed by atoms with van der Waals surface area (Å²) in [4.78, 5) is 15.7. The minimum Gasteiger partial charge on any atom is -0.289 e. The number of nitrogens with zero attached hydrogens (tertiary/aromatic N) is 1. The SMILES string of the molecule is Cc1ccccc1C=CC(=O)c1ccncc1. The molecule has 0 unspecified atom stereocenters. The van der Waals surface area contributed by atoms with Gasteiger partial charge in [-0.3, -0.25) is 9.78 Å². The Hall–Kier alpha value is -2.22. The van der Waals surface area contributed by atoms with Crippen LogP contribution in [0.2, 0.25) is 0 Å². The largest absolute Gasteiger partial charge is 0.289 e. The van der Waals surface area contributed by atoms with Gasteiger partial charge in [0.1, 0.15) is 0 Å². The Morgan fingerprint density at radius 2 is 1.82 bits per heavy atom. The zero-order valence-electron chi connectivity index (χ0n) is 9.63. The molecule has 2 heteroatoms. The van der Waals surface area contributed by atoms with E-state index in [1.54, 1.807) is 30.6 Å². The summed E-state index contributed by atoms with van der Waals surface area (Å²) < 4.78 is 0. The van der Waals surface area contributed by atoms with Crippen LogP contribution in [0.25, 0.3) is 6.08 Å². The third kappa shape index (κ3) is 2.88. The summed E-state index contributed by atoms with van der Waals surface area (Å²) in [6.45, 7) is 2.02. The first kappa shape index (κ1) is 11.3. The third-order valence-electron chi connectivity index (χ3n) is 2.57. The number of rotatable bonds is 3. The van der Waals surface area contributed by atoms with Crippen molar-refractivity contribution in [1.29, 1.82) is 0 Å². The van der Waals surface area contributed by atoms with Crippen LogP contribution in [0, 0.1) is 6.92 Å². The Labute approximate surface area is 101 Å². The third-order valence-corrected chi connectivity index (χ3v) is 2.57. The fourth-order valence-corrected chi connectivity index (χ4v) is 1.55. The van der Waals surface area contributed by atoms with Gasteiger partial charge < -0.3 is 0 Å². The number of aryl methyl sites for hydroxylation is 1. The zero-order chi connectivity index (χ0) is 12.1. The predicted octanol–water partition coefficient (Wildman–Crippen LogP) is 3.29. The highest BCUT2D eigenvalue weighted by molar-refractivity contribution is 6.06. The smallest absolute Gasteiger partial charge is 0.185 e. The Bertz CT molecular complexity index is 544. The monoisotopic (exact) mass is 223 g/mol. The summed E-state index contributed by atoms with van der Waals surface area (Å²) in [5, 5.41) is 0. The van der Waals surface area contributed by atoms with Crippen LogP contribution in [0.1, 0.15) is 21.5 Å². The van der Waals surface area contributed by atoms with Crippen LogP contribution in [0.3, 0.4) is 0 Å². The highest BCUT2D eigenvalue weighted by Gasteiger charge is 2.00. The average Bonchev–Trinajstić information content (AvgIpc) is 2.38. The van der Waals surface area contributed by atoms with Gasteiger partial charge in [0.05, 0.1) is 0 Å². The van der Waals surface area contributed by atoms with Crippen LogP contribution in [0.5, 0.6) is 0 Å². The fraction of sp³-hybridized carbons (Fsp3) is 0.0667. The molecule has 0 N–H and O–H groups in total. The normalized spacial score (nSPS) is 10.6. The van der Waals surface area contributed by atoms with E-state index in [2.05, 4.69) is 4.98 Å². The number of ketones is 1. The number of pyridine rings is 1. The van der Waals surface area contributed by atoms with Gasteiger partial charge in [-0.2, -0.15) is 0 Å². The summed E-state index contributed by atoms with van der Waals surface area (Å²) in [5.74, 6) is -0.00402. The molecule has 0 saturated heterocycles. The van der Waals surface area contributed by atoms with Gasteiger partial charge in [0.15, 0.2) is 5.78 Å². The first-order valence-electron chi connectivity index (χ1n) is 5.45. The molecular formula is C15H13NO. The fourth-order valence-electron chi connectivity index (χ4n) is 1.55. The van der Waals surface area contributed by atoms with Crippen molar-refractivity contribution >= 4 is 11.9 Å². The minimum atomic E-state index is -0.00402. The average molecular weight is 223 g/mol. The van der Waals surface area contributed by atoms with Crippen molar-refractivity contribution in [2.45, 2.75) is 6.92 Å². The van der Waals surface area contributed by atoms with E-state index >= 15 is 0 Å². The van der Waals surface area contributed by atoms with E-state index in [1.165, 1.54) is 0 Å². The molecule has 2 aromatic rings. The van der Waals surface area contributed by atoms with Crippen molar-refractivity contribution in [1.82, 2.24) is 4.98 Å². The van der Waals surface area contributed by atoms with Crippen molar-refractivity contribution < 1.29 is 4.79 Å². The molecule has 0 amide bonds. The van der Waals surface area contributed by atoms with Gasteiger partial charge in [0, 0.05) is 18.0 Å². The van der Waals surface area contributed by atoms with Crippen LogP contribution < -0.4 is 0 Å². The van der Waals surface area contributed by atoms with E-state index in [1.807, 2.05) is 37.3 Å². The molecule has 0 saturated carbocycles. The predicted molar refractivity (Wildman–Crippen MR) is 68.8 cm³/mol. The van der Waals surface area contributed by atoms with E-state index in [4.69, 9.17) is 0 Å². The number of carbonyl (C=O) groups is 1. The molecule has 0 aliphatic heterocycles. The van der Waals surface area contributed by atoms with Crippen LogP contribution in [0.15, 0.2) is 54.9 Å². The highest BCUT2D eigenvalue weighted by Crippen LogP contribution is 2.09. The van der Waals surface area contributed by atoms with E-state index in [9.17, 15) is 4.79 Å². The van der Waals surface area contributed by atoms with Crippen molar-refractivity contribution in [2.75, 3.05) is 0 Å². The molecule has 0 fully saturated rings. The summed E-state index contributed by atoms with van der Waals surface area (Å²) in [6, 6.07) is 11.4. The van der Waals surface area contributed by atoms with Gasteiger partial charge in [-0.05, 0) is 36.3 Å². The molecule has 0 aliphatic rings. The lowest BCUT2D eigenvalue weighted by Crippen LogP contribution is -1.93. The van der Waals surface area contributed by atoms with Gasteiger partial charge in [-0.25, -0.2) is 0 Å². The van der Waals surface area contributed by atoms with Crippen molar-refractivity contribution in [3.8, 4) is 0 Å². The second-order valence-electron chi connectivity index (χ2n) is 3.79. The van der Waals surface area contributed by atoms with Crippen LogP contribution >= 0.6 is 0 Å². The van der Waals surface area contributed by atoms with Gasteiger partial charge in [0.25, 0.3) is 0 Å². The molecule has 1 aromatic carbocycles. The van der Waals surface area contributed by atoms with E-state index < -0.39 is 0 Å². The summed E-state index contributed by atoms with van der Waals surface area (Å²) in [7, 11) is 0. The molecule has 0 spiro atoms. The molecular weight excluding hydrogens is 210 g/mol. The second-order valence-corrected chi connectivity index (χ2v) is 3.79. The van der Waals surface area contributed by atoms with Crippen LogP contribution in [-0.4, -0.2) is 10.8 Å². The van der Waals surface area contributed by atoms with E-state index in [0.29, 0.717) is 5.56 Å². The first-order valence-corrected chi connectivity index (χ1v) is 5.45. The van der Waals surface area contributed by atoms with Crippen molar-refractivity contribution in [2.24, 2.45) is 0 Å². The molecule has 2 nitrogen and oxygen atoms in total. The van der Waals surface area contributed by atoms with E-state index in [0.717, 1.165) is 11.1 Å². The Kier molecular flexibility index (Phi) is 3.46. The zero-order valence-corrected chi connectivity index (χ0v) is 9.63. The maximum Gasteiger partial charge on any atom is 0.185 e. The first-order chi connectivity index (χ1) is 8.27. The molecule has 1 aromatic heterocycles. The molecule has 0 bridgehead atoms. The number of hydrogen-bond acceptors (Lipinski definition) is 2. The molecule has 0 atom stereocenters. The Balaban J connectivity index is 2.17. The summed E-state index contributed by atoms with van der Waals surface area (Å²) >= 11 is 0. The second kappa shape index (κ2) is 5.21. The number of benzene rings is 1. The summed E-state index contributed by atoms with van der Waals surface area (Å²) in [5.41, 5.74) is 2.88. The van der Waals surface area contributed by atoms with Gasteiger partial charge >= 0.3 is 0 Å². The Morgan fingerprint density at radius 1 is 1.12 bits per heavy atom. The lowest BCUT2D eigenvalue weighted by molar-refractivity contribution is 0.104. The molecule has 0 radical (unpaired) electrons. The van der Waals surface area contributed by atoms with Gasteiger partial charge in [-0.1, -0.05) is 30.3 Å². The number of hydrogen-bond donors (Lipinski definition) is 0. The minimum absolute atomic E-state index is 0.00402. The molecule has 1 heterocycles. The number of allylic oxidation sites excluding steroid dienone is 1. The number of aromatic nitrogens is 1. The van der Waals surface area contributed by atoms with Crippen molar-refractivity contribution in [3.63, 3.8) is 0 Å². The number of carbonyl (C=O) groups excluding carboxylic acids is 1. The van der Waals surface area contributed by atoms with Crippen molar-refractivity contribution in [3.05, 3.63) is 71.6 Å². The van der Waals surface area contributed by atoms with Crippen LogP contribution in [-0.2, 0) is 0 Å². The quantitative estimate of drug-likeness (QED) is 0.590. The van der Waals surface area contributed by atoms with Gasteiger partial charge in [0.2, 0.25) is 0 Å². The summed E-state index contributed by atoms with van der Waals surface area (Å²) in [6.07, 6.45) is 6.68. The maximum atomic E-state index is 11.8. The molecule has 2 rings (SSSR count). The highest BCUT2D eigenvalue weighted by atomic mass is 16.1. The molecule has 84 valence electrons. The topological polar surface area (TPSA) is 30.0 Å². The molecule has 0 aliphatic carbocycles. The van der Waals surface area contributed by atoms with Crippen LogP contribution in [0.4, 0.5) is 0 Å². The lowest BCUT2D eigenvalue weighted by Gasteiger charge is -1.98. The van der Waals surface area contributed by atoms with Gasteiger partial charge in [-0.15, -0.1) is 0 Å².